The Labute approximate surface area is 126 Å². The Kier molecular flexibility index (Phi) is 4.64. The van der Waals surface area contributed by atoms with E-state index in [1.54, 1.807) is 6.07 Å². The molecule has 2 rings (SSSR count). The third-order valence-corrected chi connectivity index (χ3v) is 4.36. The van der Waals surface area contributed by atoms with Crippen molar-refractivity contribution in [2.24, 2.45) is 0 Å². The van der Waals surface area contributed by atoms with Crippen LogP contribution in [0.15, 0.2) is 40.9 Å². The van der Waals surface area contributed by atoms with E-state index in [0.717, 1.165) is 16.5 Å². The summed E-state index contributed by atoms with van der Waals surface area (Å²) < 4.78 is 13.8. The molecule has 0 saturated carbocycles. The Morgan fingerprint density at radius 2 is 1.84 bits per heavy atom. The molecule has 2 aromatic rings. The second-order valence-electron chi connectivity index (χ2n) is 4.76. The van der Waals surface area contributed by atoms with Crippen LogP contribution in [0.4, 0.5) is 4.39 Å². The lowest BCUT2D eigenvalue weighted by Gasteiger charge is -2.13. The zero-order valence-corrected chi connectivity index (χ0v) is 13.2. The summed E-state index contributed by atoms with van der Waals surface area (Å²) in [6.07, 6.45) is 0.729. The summed E-state index contributed by atoms with van der Waals surface area (Å²) in [5.41, 5.74) is 4.65. The number of aryl methyl sites for hydroxylation is 2. The molecule has 0 spiro atoms. The largest absolute Gasteiger partial charge is 0.207 e. The van der Waals surface area contributed by atoms with Crippen LogP contribution in [0.25, 0.3) is 0 Å². The molecule has 0 aliphatic carbocycles. The topological polar surface area (TPSA) is 0 Å². The summed E-state index contributed by atoms with van der Waals surface area (Å²) in [7, 11) is 0. The van der Waals surface area contributed by atoms with E-state index in [2.05, 4.69) is 48.0 Å². The first kappa shape index (κ1) is 14.5. The van der Waals surface area contributed by atoms with Crippen molar-refractivity contribution >= 4 is 27.5 Å². The molecule has 0 aliphatic rings. The number of halogens is 3. The van der Waals surface area contributed by atoms with Crippen molar-refractivity contribution in [2.75, 3.05) is 0 Å². The minimum absolute atomic E-state index is 0.169. The van der Waals surface area contributed by atoms with Gasteiger partial charge in [-0.15, -0.1) is 11.6 Å². The molecule has 3 heteroatoms. The van der Waals surface area contributed by atoms with Gasteiger partial charge in [-0.3, -0.25) is 0 Å². The van der Waals surface area contributed by atoms with Crippen molar-refractivity contribution in [3.8, 4) is 0 Å². The fourth-order valence-electron chi connectivity index (χ4n) is 2.00. The van der Waals surface area contributed by atoms with Gasteiger partial charge >= 0.3 is 0 Å². The van der Waals surface area contributed by atoms with Gasteiger partial charge < -0.3 is 0 Å². The maximum atomic E-state index is 13.1. The summed E-state index contributed by atoms with van der Waals surface area (Å²) in [6, 6.07) is 11.0. The standard InChI is InChI=1S/C16H15BrClF/c1-10-3-4-12(7-11(10)2)8-16(18)14-6-5-13(19)9-15(14)17/h3-7,9,16H,8H2,1-2H3. The third-order valence-electron chi connectivity index (χ3n) is 3.29. The molecule has 1 atom stereocenters. The van der Waals surface area contributed by atoms with E-state index in [4.69, 9.17) is 11.6 Å². The third kappa shape index (κ3) is 3.58. The molecule has 0 nitrogen and oxygen atoms in total. The van der Waals surface area contributed by atoms with Gasteiger partial charge in [-0.05, 0) is 54.7 Å². The summed E-state index contributed by atoms with van der Waals surface area (Å²) >= 11 is 9.80. The Bertz CT molecular complexity index is 595. The molecule has 0 heterocycles. The van der Waals surface area contributed by atoms with Crippen molar-refractivity contribution in [3.05, 3.63) is 68.9 Å². The van der Waals surface area contributed by atoms with Gasteiger partial charge in [0.15, 0.2) is 0 Å². The first-order valence-electron chi connectivity index (χ1n) is 6.12. The van der Waals surface area contributed by atoms with Crippen LogP contribution in [-0.4, -0.2) is 0 Å². The van der Waals surface area contributed by atoms with Crippen LogP contribution < -0.4 is 0 Å². The Balaban J connectivity index is 2.20. The summed E-state index contributed by atoms with van der Waals surface area (Å²) in [6.45, 7) is 4.18. The summed E-state index contributed by atoms with van der Waals surface area (Å²) in [4.78, 5) is 0. The first-order chi connectivity index (χ1) is 8.97. The van der Waals surface area contributed by atoms with Crippen LogP contribution in [0.5, 0.6) is 0 Å². The van der Waals surface area contributed by atoms with Crippen molar-refractivity contribution in [2.45, 2.75) is 25.6 Å². The molecular weight excluding hydrogens is 327 g/mol. The van der Waals surface area contributed by atoms with E-state index in [1.807, 2.05) is 0 Å². The van der Waals surface area contributed by atoms with Gasteiger partial charge in [-0.2, -0.15) is 0 Å². The van der Waals surface area contributed by atoms with Crippen LogP contribution >= 0.6 is 27.5 Å². The predicted molar refractivity (Wildman–Crippen MR) is 82.3 cm³/mol. The highest BCUT2D eigenvalue weighted by Crippen LogP contribution is 2.31. The lowest BCUT2D eigenvalue weighted by atomic mass is 10.00. The van der Waals surface area contributed by atoms with Crippen LogP contribution in [0, 0.1) is 19.7 Å². The van der Waals surface area contributed by atoms with Gasteiger partial charge in [-0.1, -0.05) is 40.2 Å². The SMILES string of the molecule is Cc1ccc(CC(Cl)c2ccc(F)cc2Br)cc1C. The Hall–Kier alpha value is -0.860. The monoisotopic (exact) mass is 340 g/mol. The summed E-state index contributed by atoms with van der Waals surface area (Å²) in [5.74, 6) is -0.259. The molecule has 100 valence electrons. The minimum Gasteiger partial charge on any atom is -0.207 e. The number of hydrogen-bond donors (Lipinski definition) is 0. The fraction of sp³-hybridized carbons (Fsp3) is 0.250. The zero-order chi connectivity index (χ0) is 14.0. The number of alkyl halides is 1. The normalized spacial score (nSPS) is 12.5. The molecule has 2 aromatic carbocycles. The highest BCUT2D eigenvalue weighted by atomic mass is 79.9. The molecular formula is C16H15BrClF. The van der Waals surface area contributed by atoms with Gasteiger partial charge in [0.1, 0.15) is 5.82 Å². The second-order valence-corrected chi connectivity index (χ2v) is 6.14. The number of rotatable bonds is 3. The fourth-order valence-corrected chi connectivity index (χ4v) is 3.13. The predicted octanol–water partition coefficient (Wildman–Crippen LogP) is 5.73. The quantitative estimate of drug-likeness (QED) is 0.626. The maximum absolute atomic E-state index is 13.1. The average Bonchev–Trinajstić information content (AvgIpc) is 2.33. The molecule has 1 unspecified atom stereocenters. The van der Waals surface area contributed by atoms with Crippen LogP contribution in [-0.2, 0) is 6.42 Å². The molecule has 0 bridgehead atoms. The molecule has 0 amide bonds. The smallest absolute Gasteiger partial charge is 0.124 e. The molecule has 0 radical (unpaired) electrons. The lowest BCUT2D eigenvalue weighted by molar-refractivity contribution is 0.625. The highest BCUT2D eigenvalue weighted by molar-refractivity contribution is 9.10. The van der Waals surface area contributed by atoms with Crippen molar-refractivity contribution in [3.63, 3.8) is 0 Å². The molecule has 0 aromatic heterocycles. The van der Waals surface area contributed by atoms with Gasteiger partial charge in [-0.25, -0.2) is 4.39 Å². The number of benzene rings is 2. The molecule has 0 fully saturated rings. The van der Waals surface area contributed by atoms with Crippen LogP contribution in [0.3, 0.4) is 0 Å². The summed E-state index contributed by atoms with van der Waals surface area (Å²) in [5, 5.41) is -0.169. The molecule has 0 aliphatic heterocycles. The Morgan fingerprint density at radius 3 is 2.47 bits per heavy atom. The zero-order valence-electron chi connectivity index (χ0n) is 10.9. The van der Waals surface area contributed by atoms with Gasteiger partial charge in [0.25, 0.3) is 0 Å². The Morgan fingerprint density at radius 1 is 1.11 bits per heavy atom. The van der Waals surface area contributed by atoms with E-state index in [0.29, 0.717) is 0 Å². The van der Waals surface area contributed by atoms with Crippen LogP contribution in [0.2, 0.25) is 0 Å². The van der Waals surface area contributed by atoms with E-state index in [9.17, 15) is 4.39 Å². The van der Waals surface area contributed by atoms with Crippen molar-refractivity contribution < 1.29 is 4.39 Å². The van der Waals surface area contributed by atoms with Gasteiger partial charge in [0.05, 0.1) is 5.38 Å². The van der Waals surface area contributed by atoms with E-state index >= 15 is 0 Å². The van der Waals surface area contributed by atoms with E-state index < -0.39 is 0 Å². The molecule has 0 N–H and O–H groups in total. The average molecular weight is 342 g/mol. The lowest BCUT2D eigenvalue weighted by Crippen LogP contribution is -1.98. The van der Waals surface area contributed by atoms with E-state index in [1.165, 1.54) is 28.8 Å². The van der Waals surface area contributed by atoms with Gasteiger partial charge in [0.2, 0.25) is 0 Å². The van der Waals surface area contributed by atoms with Crippen molar-refractivity contribution in [1.29, 1.82) is 0 Å². The highest BCUT2D eigenvalue weighted by Gasteiger charge is 2.13. The maximum Gasteiger partial charge on any atom is 0.124 e. The first-order valence-corrected chi connectivity index (χ1v) is 7.35. The van der Waals surface area contributed by atoms with Gasteiger partial charge in [0, 0.05) is 4.47 Å². The number of hydrogen-bond acceptors (Lipinski definition) is 0. The van der Waals surface area contributed by atoms with Crippen molar-refractivity contribution in [1.82, 2.24) is 0 Å². The van der Waals surface area contributed by atoms with Crippen LogP contribution in [0.1, 0.15) is 27.6 Å². The molecule has 19 heavy (non-hydrogen) atoms. The molecule has 0 saturated heterocycles. The van der Waals surface area contributed by atoms with E-state index in [-0.39, 0.29) is 11.2 Å². The second kappa shape index (κ2) is 6.06. The minimum atomic E-state index is -0.259.